The van der Waals surface area contributed by atoms with Crippen LogP contribution in [0.4, 0.5) is 5.82 Å². The van der Waals surface area contributed by atoms with Crippen molar-refractivity contribution in [2.45, 2.75) is 19.2 Å². The zero-order chi connectivity index (χ0) is 14.6. The number of aryl methyl sites for hydroxylation is 1. The summed E-state index contributed by atoms with van der Waals surface area (Å²) in [5.74, 6) is 0.238. The van der Waals surface area contributed by atoms with Crippen LogP contribution in [-0.4, -0.2) is 13.4 Å². The quantitative estimate of drug-likeness (QED) is 0.879. The van der Waals surface area contributed by atoms with Gasteiger partial charge in [-0.3, -0.25) is 4.72 Å². The molecule has 0 saturated carbocycles. The highest BCUT2D eigenvalue weighted by Crippen LogP contribution is 2.12. The third-order valence-electron chi connectivity index (χ3n) is 2.79. The van der Waals surface area contributed by atoms with Gasteiger partial charge in [0.25, 0.3) is 0 Å². The molecule has 0 radical (unpaired) electrons. The molecule has 1 aromatic heterocycles. The Morgan fingerprint density at radius 2 is 1.75 bits per heavy atom. The molecule has 5 nitrogen and oxygen atoms in total. The lowest BCUT2D eigenvalue weighted by Crippen LogP contribution is -2.16. The molecule has 0 fully saturated rings. The number of nitrogens with two attached hydrogens (primary N) is 1. The van der Waals surface area contributed by atoms with Crippen LogP contribution >= 0.6 is 0 Å². The van der Waals surface area contributed by atoms with Gasteiger partial charge in [-0.05, 0) is 29.7 Å². The third kappa shape index (κ3) is 4.04. The Morgan fingerprint density at radius 1 is 1.10 bits per heavy atom. The van der Waals surface area contributed by atoms with Gasteiger partial charge in [0.15, 0.2) is 0 Å². The molecular weight excluding hydrogens is 274 g/mol. The van der Waals surface area contributed by atoms with Crippen LogP contribution in [0.3, 0.4) is 0 Å². The van der Waals surface area contributed by atoms with E-state index in [1.165, 1.54) is 0 Å². The Labute approximate surface area is 118 Å². The van der Waals surface area contributed by atoms with E-state index in [2.05, 4.69) is 9.71 Å². The van der Waals surface area contributed by atoms with Crippen LogP contribution in [0.1, 0.15) is 16.7 Å². The first kappa shape index (κ1) is 14.5. The lowest BCUT2D eigenvalue weighted by molar-refractivity contribution is 0.600. The van der Waals surface area contributed by atoms with Crippen molar-refractivity contribution < 1.29 is 8.42 Å². The first-order valence-electron chi connectivity index (χ1n) is 6.19. The van der Waals surface area contributed by atoms with Gasteiger partial charge in [0, 0.05) is 12.7 Å². The number of pyridine rings is 1. The van der Waals surface area contributed by atoms with Crippen molar-refractivity contribution in [2.24, 2.45) is 5.73 Å². The molecule has 0 aliphatic carbocycles. The molecule has 0 unspecified atom stereocenters. The fourth-order valence-electron chi connectivity index (χ4n) is 1.71. The topological polar surface area (TPSA) is 85.1 Å². The second-order valence-corrected chi connectivity index (χ2v) is 6.32. The minimum Gasteiger partial charge on any atom is -0.326 e. The largest absolute Gasteiger partial charge is 0.326 e. The summed E-state index contributed by atoms with van der Waals surface area (Å²) in [4.78, 5) is 4.03. The Hall–Kier alpha value is -1.92. The van der Waals surface area contributed by atoms with Crippen LogP contribution < -0.4 is 10.5 Å². The molecule has 2 aromatic rings. The van der Waals surface area contributed by atoms with E-state index in [0.717, 1.165) is 11.1 Å². The van der Waals surface area contributed by atoms with E-state index in [0.29, 0.717) is 17.9 Å². The molecule has 3 N–H and O–H groups in total. The first-order valence-corrected chi connectivity index (χ1v) is 7.85. The van der Waals surface area contributed by atoms with Crippen molar-refractivity contribution >= 4 is 15.8 Å². The van der Waals surface area contributed by atoms with E-state index >= 15 is 0 Å². The molecule has 0 saturated heterocycles. The van der Waals surface area contributed by atoms with Crippen LogP contribution in [0, 0.1) is 6.92 Å². The standard InChI is InChI=1S/C14H17N3O2S/c1-11-2-7-14(16-9-11)17-20(18,19)10-13-5-3-12(8-15)4-6-13/h2-7,9H,8,10,15H2,1H3,(H,16,17). The molecule has 1 heterocycles. The average Bonchev–Trinajstić information content (AvgIpc) is 2.41. The molecule has 6 heteroatoms. The zero-order valence-corrected chi connectivity index (χ0v) is 12.0. The maximum absolute atomic E-state index is 12.0. The van der Waals surface area contributed by atoms with Gasteiger partial charge in [0.2, 0.25) is 10.0 Å². The normalized spacial score (nSPS) is 11.3. The summed E-state index contributed by atoms with van der Waals surface area (Å²) >= 11 is 0. The fourth-order valence-corrected chi connectivity index (χ4v) is 2.86. The van der Waals surface area contributed by atoms with Crippen LogP contribution in [0.5, 0.6) is 0 Å². The number of aromatic nitrogens is 1. The molecule has 20 heavy (non-hydrogen) atoms. The van der Waals surface area contributed by atoms with E-state index in [1.54, 1.807) is 30.5 Å². The summed E-state index contributed by atoms with van der Waals surface area (Å²) in [5.41, 5.74) is 8.16. The summed E-state index contributed by atoms with van der Waals surface area (Å²) in [7, 11) is -3.46. The molecule has 0 aliphatic rings. The Balaban J connectivity index is 2.08. The maximum atomic E-state index is 12.0. The van der Waals surface area contributed by atoms with Crippen molar-refractivity contribution in [2.75, 3.05) is 4.72 Å². The van der Waals surface area contributed by atoms with E-state index in [4.69, 9.17) is 5.73 Å². The molecule has 2 rings (SSSR count). The number of rotatable bonds is 5. The van der Waals surface area contributed by atoms with Gasteiger partial charge < -0.3 is 5.73 Å². The number of anilines is 1. The van der Waals surface area contributed by atoms with E-state index in [9.17, 15) is 8.42 Å². The Bertz CT molecular complexity index is 665. The maximum Gasteiger partial charge on any atom is 0.238 e. The summed E-state index contributed by atoms with van der Waals surface area (Å²) < 4.78 is 26.5. The van der Waals surface area contributed by atoms with E-state index in [1.807, 2.05) is 19.1 Å². The van der Waals surface area contributed by atoms with Gasteiger partial charge in [0.05, 0.1) is 5.75 Å². The van der Waals surface area contributed by atoms with Crippen LogP contribution in [0.2, 0.25) is 0 Å². The van der Waals surface area contributed by atoms with Crippen molar-refractivity contribution in [1.82, 2.24) is 4.98 Å². The highest BCUT2D eigenvalue weighted by atomic mass is 32.2. The van der Waals surface area contributed by atoms with E-state index < -0.39 is 10.0 Å². The SMILES string of the molecule is Cc1ccc(NS(=O)(=O)Cc2ccc(CN)cc2)nc1. The van der Waals surface area contributed by atoms with Crippen molar-refractivity contribution in [3.63, 3.8) is 0 Å². The monoisotopic (exact) mass is 291 g/mol. The van der Waals surface area contributed by atoms with Gasteiger partial charge in [0.1, 0.15) is 5.82 Å². The number of sulfonamides is 1. The Morgan fingerprint density at radius 3 is 2.30 bits per heavy atom. The summed E-state index contributed by atoms with van der Waals surface area (Å²) in [6, 6.07) is 10.6. The van der Waals surface area contributed by atoms with Crippen molar-refractivity contribution in [1.29, 1.82) is 0 Å². The van der Waals surface area contributed by atoms with Crippen LogP contribution in [-0.2, 0) is 22.3 Å². The van der Waals surface area contributed by atoms with E-state index in [-0.39, 0.29) is 5.75 Å². The number of benzene rings is 1. The summed E-state index contributed by atoms with van der Waals surface area (Å²) in [5, 5.41) is 0. The molecule has 0 spiro atoms. The molecule has 0 bridgehead atoms. The predicted molar refractivity (Wildman–Crippen MR) is 79.6 cm³/mol. The first-order chi connectivity index (χ1) is 9.48. The van der Waals surface area contributed by atoms with Gasteiger partial charge in [-0.15, -0.1) is 0 Å². The molecule has 0 amide bonds. The lowest BCUT2D eigenvalue weighted by atomic mass is 10.1. The van der Waals surface area contributed by atoms with Crippen molar-refractivity contribution in [3.8, 4) is 0 Å². The highest BCUT2D eigenvalue weighted by Gasteiger charge is 2.12. The molecule has 0 atom stereocenters. The number of nitrogens with one attached hydrogen (secondary N) is 1. The minimum absolute atomic E-state index is 0.0899. The van der Waals surface area contributed by atoms with Crippen LogP contribution in [0.25, 0.3) is 0 Å². The zero-order valence-electron chi connectivity index (χ0n) is 11.2. The second-order valence-electron chi connectivity index (χ2n) is 4.60. The smallest absolute Gasteiger partial charge is 0.238 e. The van der Waals surface area contributed by atoms with Gasteiger partial charge in [-0.2, -0.15) is 0 Å². The van der Waals surface area contributed by atoms with Crippen LogP contribution in [0.15, 0.2) is 42.6 Å². The summed E-state index contributed by atoms with van der Waals surface area (Å²) in [6.07, 6.45) is 1.62. The average molecular weight is 291 g/mol. The number of nitrogens with zero attached hydrogens (tertiary/aromatic N) is 1. The van der Waals surface area contributed by atoms with Gasteiger partial charge in [-0.25, -0.2) is 13.4 Å². The molecule has 0 aliphatic heterocycles. The third-order valence-corrected chi connectivity index (χ3v) is 4.02. The molecule has 1 aromatic carbocycles. The molecule has 106 valence electrons. The highest BCUT2D eigenvalue weighted by molar-refractivity contribution is 7.91. The van der Waals surface area contributed by atoms with Crippen molar-refractivity contribution in [3.05, 3.63) is 59.3 Å². The van der Waals surface area contributed by atoms with Gasteiger partial charge in [-0.1, -0.05) is 30.3 Å². The lowest BCUT2D eigenvalue weighted by Gasteiger charge is -2.08. The Kier molecular flexibility index (Phi) is 4.36. The predicted octanol–water partition coefficient (Wildman–Crippen LogP) is 1.79. The fraction of sp³-hybridized carbons (Fsp3) is 0.214. The number of hydrogen-bond acceptors (Lipinski definition) is 4. The second kappa shape index (κ2) is 6.02. The molecular formula is C14H17N3O2S. The summed E-state index contributed by atoms with van der Waals surface area (Å²) in [6.45, 7) is 2.34. The minimum atomic E-state index is -3.46. The number of hydrogen-bond donors (Lipinski definition) is 2. The van der Waals surface area contributed by atoms with Gasteiger partial charge >= 0.3 is 0 Å².